The van der Waals surface area contributed by atoms with E-state index in [0.717, 1.165) is 11.4 Å². The van der Waals surface area contributed by atoms with E-state index in [-0.39, 0.29) is 18.1 Å². The summed E-state index contributed by atoms with van der Waals surface area (Å²) in [6.45, 7) is 9.02. The highest BCUT2D eigenvalue weighted by Crippen LogP contribution is 2.29. The number of hydrogen-bond donors (Lipinski definition) is 1. The predicted octanol–water partition coefficient (Wildman–Crippen LogP) is 3.10. The lowest BCUT2D eigenvalue weighted by Crippen LogP contribution is -2.59. The molecule has 0 radical (unpaired) electrons. The van der Waals surface area contributed by atoms with Gasteiger partial charge in [-0.15, -0.1) is 0 Å². The predicted molar refractivity (Wildman–Crippen MR) is 111 cm³/mol. The molecule has 3 rings (SSSR count). The molecule has 0 aliphatic carbocycles. The van der Waals surface area contributed by atoms with Crippen molar-refractivity contribution in [3.8, 4) is 11.8 Å². The molecule has 0 unspecified atom stereocenters. The number of hydrogen-bond acceptors (Lipinski definition) is 6. The van der Waals surface area contributed by atoms with Crippen LogP contribution < -0.4 is 15.0 Å². The van der Waals surface area contributed by atoms with E-state index in [9.17, 15) is 10.1 Å². The Morgan fingerprint density at radius 2 is 1.97 bits per heavy atom. The van der Waals surface area contributed by atoms with Crippen LogP contribution in [0.15, 0.2) is 24.3 Å². The molecule has 29 heavy (non-hydrogen) atoms. The van der Waals surface area contributed by atoms with Crippen LogP contribution in [0.4, 0.5) is 16.3 Å². The van der Waals surface area contributed by atoms with Crippen molar-refractivity contribution in [2.24, 2.45) is 0 Å². The maximum atomic E-state index is 12.9. The summed E-state index contributed by atoms with van der Waals surface area (Å²) in [7, 11) is 1.56. The number of carbonyl (C=O) groups excluding carboxylic acids is 1. The normalized spacial score (nSPS) is 18.9. The van der Waals surface area contributed by atoms with Gasteiger partial charge in [-0.3, -0.25) is 5.32 Å². The number of amides is 2. The Labute approximate surface area is 171 Å². The summed E-state index contributed by atoms with van der Waals surface area (Å²) < 4.78 is 5.34. The SMILES string of the molecule is COc1cc(N2C[C@@H](C)N(C(=O)Nc3cc(C)nc(C)n3)C[C@@H]2C)ccc1C#N. The monoisotopic (exact) mass is 394 g/mol. The lowest BCUT2D eigenvalue weighted by molar-refractivity contribution is 0.173. The summed E-state index contributed by atoms with van der Waals surface area (Å²) in [5.41, 5.74) is 2.29. The molecular formula is C21H26N6O2. The minimum absolute atomic E-state index is 0.00290. The second-order valence-electron chi connectivity index (χ2n) is 7.37. The first kappa shape index (κ1) is 20.4. The van der Waals surface area contributed by atoms with Gasteiger partial charge < -0.3 is 14.5 Å². The molecule has 2 amide bonds. The van der Waals surface area contributed by atoms with Crippen molar-refractivity contribution < 1.29 is 9.53 Å². The number of aromatic nitrogens is 2. The molecule has 2 atom stereocenters. The zero-order valence-electron chi connectivity index (χ0n) is 17.4. The van der Waals surface area contributed by atoms with Crippen LogP contribution in [0.5, 0.6) is 5.75 Å². The number of anilines is 2. The van der Waals surface area contributed by atoms with Crippen LogP contribution in [0, 0.1) is 25.2 Å². The highest BCUT2D eigenvalue weighted by atomic mass is 16.5. The van der Waals surface area contributed by atoms with Crippen LogP contribution >= 0.6 is 0 Å². The number of benzene rings is 1. The van der Waals surface area contributed by atoms with Gasteiger partial charge in [0, 0.05) is 48.7 Å². The molecule has 8 heteroatoms. The molecular weight excluding hydrogens is 368 g/mol. The number of rotatable bonds is 3. The summed E-state index contributed by atoms with van der Waals surface area (Å²) in [5, 5.41) is 12.1. The van der Waals surface area contributed by atoms with Crippen LogP contribution in [0.1, 0.15) is 30.9 Å². The number of carbonyl (C=O) groups is 1. The number of urea groups is 1. The van der Waals surface area contributed by atoms with Gasteiger partial charge in [0.25, 0.3) is 0 Å². The highest BCUT2D eigenvalue weighted by molar-refractivity contribution is 5.88. The Morgan fingerprint density at radius 1 is 1.21 bits per heavy atom. The minimum Gasteiger partial charge on any atom is -0.495 e. The first-order valence-electron chi connectivity index (χ1n) is 9.57. The number of methoxy groups -OCH3 is 1. The summed E-state index contributed by atoms with van der Waals surface area (Å²) >= 11 is 0. The van der Waals surface area contributed by atoms with E-state index in [4.69, 9.17) is 4.74 Å². The van der Waals surface area contributed by atoms with Crippen LogP contribution in [-0.4, -0.2) is 53.2 Å². The second-order valence-corrected chi connectivity index (χ2v) is 7.37. The van der Waals surface area contributed by atoms with E-state index in [0.29, 0.717) is 36.0 Å². The molecule has 1 aromatic carbocycles. The maximum Gasteiger partial charge on any atom is 0.323 e. The summed E-state index contributed by atoms with van der Waals surface area (Å²) in [6, 6.07) is 9.40. The van der Waals surface area contributed by atoms with E-state index in [1.54, 1.807) is 26.2 Å². The van der Waals surface area contributed by atoms with Crippen molar-refractivity contribution in [2.75, 3.05) is 30.4 Å². The van der Waals surface area contributed by atoms with Gasteiger partial charge in [-0.25, -0.2) is 14.8 Å². The van der Waals surface area contributed by atoms with Crippen LogP contribution in [-0.2, 0) is 0 Å². The molecule has 0 saturated carbocycles. The van der Waals surface area contributed by atoms with Crippen molar-refractivity contribution in [3.63, 3.8) is 0 Å². The number of nitrogens with zero attached hydrogens (tertiary/aromatic N) is 5. The lowest BCUT2D eigenvalue weighted by atomic mass is 10.1. The topological polar surface area (TPSA) is 94.4 Å². The molecule has 0 spiro atoms. The molecule has 1 aromatic heterocycles. The molecule has 8 nitrogen and oxygen atoms in total. The van der Waals surface area contributed by atoms with Gasteiger partial charge in [0.1, 0.15) is 23.5 Å². The number of piperazine rings is 1. The van der Waals surface area contributed by atoms with Crippen molar-refractivity contribution in [1.29, 1.82) is 5.26 Å². The first-order chi connectivity index (χ1) is 13.8. The Balaban J connectivity index is 1.74. The summed E-state index contributed by atoms with van der Waals surface area (Å²) in [4.78, 5) is 25.4. The molecule has 2 heterocycles. The molecule has 1 fully saturated rings. The molecule has 1 saturated heterocycles. The fraction of sp³-hybridized carbons (Fsp3) is 0.429. The van der Waals surface area contributed by atoms with Crippen molar-refractivity contribution >= 4 is 17.5 Å². The molecule has 1 aliphatic rings. The average molecular weight is 394 g/mol. The summed E-state index contributed by atoms with van der Waals surface area (Å²) in [5.74, 6) is 1.69. The number of aryl methyl sites for hydroxylation is 2. The maximum absolute atomic E-state index is 12.9. The zero-order valence-corrected chi connectivity index (χ0v) is 17.4. The first-order valence-corrected chi connectivity index (χ1v) is 9.57. The molecule has 2 aromatic rings. The Morgan fingerprint density at radius 3 is 2.62 bits per heavy atom. The number of ether oxygens (including phenoxy) is 1. The van der Waals surface area contributed by atoms with E-state index in [2.05, 4.69) is 33.2 Å². The standard InChI is InChI=1S/C21H26N6O2/c1-13-8-20(24-16(4)23-13)25-21(28)27-12-14(2)26(11-15(27)3)18-7-6-17(10-22)19(9-18)29-5/h6-9,14-15H,11-12H2,1-5H3,(H,23,24,25,28)/t14-,15+/m0/s1. The quantitative estimate of drug-likeness (QED) is 0.860. The lowest BCUT2D eigenvalue weighted by Gasteiger charge is -2.45. The van der Waals surface area contributed by atoms with Gasteiger partial charge >= 0.3 is 6.03 Å². The zero-order chi connectivity index (χ0) is 21.1. The Bertz CT molecular complexity index is 934. The van der Waals surface area contributed by atoms with E-state index in [1.165, 1.54) is 0 Å². The number of nitrogens with one attached hydrogen (secondary N) is 1. The third kappa shape index (κ3) is 4.40. The molecule has 1 aliphatic heterocycles. The van der Waals surface area contributed by atoms with Crippen molar-refractivity contribution in [2.45, 2.75) is 39.8 Å². The van der Waals surface area contributed by atoms with Gasteiger partial charge in [-0.05, 0) is 39.8 Å². The molecule has 0 bridgehead atoms. The highest BCUT2D eigenvalue weighted by Gasteiger charge is 2.32. The number of nitriles is 1. The minimum atomic E-state index is -0.168. The van der Waals surface area contributed by atoms with Crippen molar-refractivity contribution in [1.82, 2.24) is 14.9 Å². The van der Waals surface area contributed by atoms with Gasteiger partial charge in [0.05, 0.1) is 12.7 Å². The Kier molecular flexibility index (Phi) is 5.87. The smallest absolute Gasteiger partial charge is 0.323 e. The van der Waals surface area contributed by atoms with Crippen molar-refractivity contribution in [3.05, 3.63) is 41.3 Å². The van der Waals surface area contributed by atoms with E-state index < -0.39 is 0 Å². The van der Waals surface area contributed by atoms with Crippen LogP contribution in [0.25, 0.3) is 0 Å². The largest absolute Gasteiger partial charge is 0.495 e. The van der Waals surface area contributed by atoms with E-state index in [1.807, 2.05) is 30.9 Å². The summed E-state index contributed by atoms with van der Waals surface area (Å²) in [6.07, 6.45) is 0. The van der Waals surface area contributed by atoms with Gasteiger partial charge in [-0.2, -0.15) is 5.26 Å². The fourth-order valence-corrected chi connectivity index (χ4v) is 3.68. The van der Waals surface area contributed by atoms with Crippen LogP contribution in [0.2, 0.25) is 0 Å². The van der Waals surface area contributed by atoms with Crippen LogP contribution in [0.3, 0.4) is 0 Å². The Hall–Kier alpha value is -3.34. The van der Waals surface area contributed by atoms with Gasteiger partial charge in [0.15, 0.2) is 0 Å². The third-order valence-corrected chi connectivity index (χ3v) is 5.09. The average Bonchev–Trinajstić information content (AvgIpc) is 2.68. The third-order valence-electron chi connectivity index (χ3n) is 5.09. The van der Waals surface area contributed by atoms with Gasteiger partial charge in [0.2, 0.25) is 0 Å². The van der Waals surface area contributed by atoms with Gasteiger partial charge in [-0.1, -0.05) is 0 Å². The second kappa shape index (κ2) is 8.35. The molecule has 1 N–H and O–H groups in total. The fourth-order valence-electron chi connectivity index (χ4n) is 3.68. The van der Waals surface area contributed by atoms with E-state index >= 15 is 0 Å². The molecule has 152 valence electrons.